The van der Waals surface area contributed by atoms with Crippen LogP contribution in [0.3, 0.4) is 0 Å². The molecular weight excluding hydrogens is 343 g/mol. The second-order valence-electron chi connectivity index (χ2n) is 6.48. The largest absolute Gasteiger partial charge is 0.416 e. The maximum Gasteiger partial charge on any atom is 0.416 e. The summed E-state index contributed by atoms with van der Waals surface area (Å²) in [5.41, 5.74) is 5.40. The van der Waals surface area contributed by atoms with Crippen LogP contribution in [-0.2, 0) is 11.0 Å². The van der Waals surface area contributed by atoms with E-state index in [1.807, 2.05) is 4.90 Å². The number of likely N-dealkylation sites (tertiary alicyclic amines) is 1. The molecule has 1 aliphatic rings. The highest BCUT2D eigenvalue weighted by Gasteiger charge is 2.36. The minimum atomic E-state index is -4.38. The van der Waals surface area contributed by atoms with E-state index in [2.05, 4.69) is 12.2 Å². The lowest BCUT2D eigenvalue weighted by atomic mass is 9.90. The number of hydrogen-bond acceptors (Lipinski definition) is 3. The molecule has 2 unspecified atom stereocenters. The van der Waals surface area contributed by atoms with Crippen molar-refractivity contribution in [2.45, 2.75) is 32.5 Å². The second kappa shape index (κ2) is 7.72. The summed E-state index contributed by atoms with van der Waals surface area (Å²) in [6.07, 6.45) is -3.44. The zero-order valence-corrected chi connectivity index (χ0v) is 14.5. The number of nitrogens with two attached hydrogens (primary N) is 1. The van der Waals surface area contributed by atoms with Gasteiger partial charge in [-0.15, -0.1) is 12.4 Å². The van der Waals surface area contributed by atoms with Crippen molar-refractivity contribution in [3.8, 4) is 0 Å². The summed E-state index contributed by atoms with van der Waals surface area (Å²) in [5, 5.41) is 2.66. The Labute approximate surface area is 146 Å². The lowest BCUT2D eigenvalue weighted by Gasteiger charge is -2.26. The number of carbonyl (C=O) groups excluding carboxylic acids is 1. The fourth-order valence-corrected chi connectivity index (χ4v) is 2.71. The van der Waals surface area contributed by atoms with E-state index < -0.39 is 11.7 Å². The van der Waals surface area contributed by atoms with Crippen LogP contribution in [-0.4, -0.2) is 36.5 Å². The van der Waals surface area contributed by atoms with Crippen LogP contribution in [0, 0.1) is 5.41 Å². The average molecular weight is 366 g/mol. The molecule has 0 saturated carbocycles. The average Bonchev–Trinajstić information content (AvgIpc) is 2.89. The Morgan fingerprint density at radius 1 is 1.38 bits per heavy atom. The van der Waals surface area contributed by atoms with Gasteiger partial charge in [0.25, 0.3) is 0 Å². The zero-order valence-electron chi connectivity index (χ0n) is 13.7. The molecule has 1 aromatic carbocycles. The Bertz CT molecular complexity index is 565. The number of halogens is 4. The third-order valence-corrected chi connectivity index (χ3v) is 4.49. The first kappa shape index (κ1) is 20.7. The predicted octanol–water partition coefficient (Wildman–Crippen LogP) is 3.12. The van der Waals surface area contributed by atoms with E-state index in [1.54, 1.807) is 6.92 Å². The van der Waals surface area contributed by atoms with Crippen LogP contribution in [0.25, 0.3) is 0 Å². The number of benzene rings is 1. The fourth-order valence-electron chi connectivity index (χ4n) is 2.71. The highest BCUT2D eigenvalue weighted by molar-refractivity contribution is 5.94. The van der Waals surface area contributed by atoms with Gasteiger partial charge in [-0.1, -0.05) is 6.92 Å². The number of nitrogens with one attached hydrogen (secondary N) is 1. The van der Waals surface area contributed by atoms with E-state index in [-0.39, 0.29) is 29.8 Å². The summed E-state index contributed by atoms with van der Waals surface area (Å²) in [6.45, 7) is 5.98. The molecule has 1 saturated heterocycles. The molecule has 2 atom stereocenters. The number of rotatable bonds is 4. The number of anilines is 1. The molecule has 8 heteroatoms. The fraction of sp³-hybridized carbons (Fsp3) is 0.562. The van der Waals surface area contributed by atoms with Crippen molar-refractivity contribution in [3.05, 3.63) is 29.8 Å². The van der Waals surface area contributed by atoms with Crippen LogP contribution >= 0.6 is 12.4 Å². The van der Waals surface area contributed by atoms with Gasteiger partial charge in [0.05, 0.1) is 11.6 Å². The van der Waals surface area contributed by atoms with E-state index in [4.69, 9.17) is 5.73 Å². The SMILES string of the molecule is CC(C(=O)Nc1ccc(C(F)(F)F)cc1)N1CCC(C)(CN)C1.Cl. The van der Waals surface area contributed by atoms with Crippen LogP contribution in [0.15, 0.2) is 24.3 Å². The zero-order chi connectivity index (χ0) is 17.3. The molecule has 1 aromatic rings. The van der Waals surface area contributed by atoms with Gasteiger partial charge in [0.1, 0.15) is 0 Å². The van der Waals surface area contributed by atoms with Crippen LogP contribution < -0.4 is 11.1 Å². The Kier molecular flexibility index (Phi) is 6.67. The highest BCUT2D eigenvalue weighted by Crippen LogP contribution is 2.31. The summed E-state index contributed by atoms with van der Waals surface area (Å²) in [5.74, 6) is -0.231. The van der Waals surface area contributed by atoms with Crippen molar-refractivity contribution in [2.24, 2.45) is 11.1 Å². The third kappa shape index (κ3) is 4.84. The monoisotopic (exact) mass is 365 g/mol. The first-order valence-electron chi connectivity index (χ1n) is 7.57. The van der Waals surface area contributed by atoms with Gasteiger partial charge in [0, 0.05) is 12.2 Å². The quantitative estimate of drug-likeness (QED) is 0.861. The van der Waals surface area contributed by atoms with E-state index >= 15 is 0 Å². The predicted molar refractivity (Wildman–Crippen MR) is 90.1 cm³/mol. The normalized spacial score (nSPS) is 22.8. The summed E-state index contributed by atoms with van der Waals surface area (Å²) < 4.78 is 37.6. The molecule has 0 bridgehead atoms. The maximum absolute atomic E-state index is 12.5. The van der Waals surface area contributed by atoms with Crippen molar-refractivity contribution in [3.63, 3.8) is 0 Å². The lowest BCUT2D eigenvalue weighted by molar-refractivity contribution is -0.137. The molecule has 24 heavy (non-hydrogen) atoms. The van der Waals surface area contributed by atoms with Crippen molar-refractivity contribution in [1.82, 2.24) is 4.90 Å². The number of carbonyl (C=O) groups is 1. The number of hydrogen-bond donors (Lipinski definition) is 2. The smallest absolute Gasteiger partial charge is 0.330 e. The summed E-state index contributed by atoms with van der Waals surface area (Å²) in [6, 6.07) is 4.09. The third-order valence-electron chi connectivity index (χ3n) is 4.49. The van der Waals surface area contributed by atoms with Gasteiger partial charge >= 0.3 is 6.18 Å². The van der Waals surface area contributed by atoms with Gasteiger partial charge < -0.3 is 11.1 Å². The van der Waals surface area contributed by atoms with Gasteiger partial charge in [-0.05, 0) is 56.1 Å². The van der Waals surface area contributed by atoms with Crippen LogP contribution in [0.2, 0.25) is 0 Å². The van der Waals surface area contributed by atoms with Crippen molar-refractivity contribution in [1.29, 1.82) is 0 Å². The lowest BCUT2D eigenvalue weighted by Crippen LogP contribution is -2.42. The Balaban J connectivity index is 0.00000288. The molecule has 0 spiro atoms. The maximum atomic E-state index is 12.5. The van der Waals surface area contributed by atoms with E-state index in [0.29, 0.717) is 12.2 Å². The van der Waals surface area contributed by atoms with Gasteiger partial charge in [-0.3, -0.25) is 9.69 Å². The molecule has 1 heterocycles. The van der Waals surface area contributed by atoms with E-state index in [9.17, 15) is 18.0 Å². The molecule has 2 rings (SSSR count). The molecule has 4 nitrogen and oxygen atoms in total. The van der Waals surface area contributed by atoms with Gasteiger partial charge in [0.15, 0.2) is 0 Å². The minimum Gasteiger partial charge on any atom is -0.330 e. The van der Waals surface area contributed by atoms with Crippen molar-refractivity contribution >= 4 is 24.0 Å². The van der Waals surface area contributed by atoms with Crippen molar-refractivity contribution in [2.75, 3.05) is 25.0 Å². The molecule has 1 fully saturated rings. The van der Waals surface area contributed by atoms with E-state index in [1.165, 1.54) is 12.1 Å². The van der Waals surface area contributed by atoms with Gasteiger partial charge in [-0.2, -0.15) is 13.2 Å². The molecule has 3 N–H and O–H groups in total. The van der Waals surface area contributed by atoms with Gasteiger partial charge in [0.2, 0.25) is 5.91 Å². The number of nitrogens with zero attached hydrogens (tertiary/aromatic N) is 1. The molecular formula is C16H23ClF3N3O. The molecule has 0 aliphatic carbocycles. The Hall–Kier alpha value is -1.31. The Morgan fingerprint density at radius 2 is 1.96 bits per heavy atom. The second-order valence-corrected chi connectivity index (χ2v) is 6.48. The molecule has 0 aromatic heterocycles. The van der Waals surface area contributed by atoms with Crippen molar-refractivity contribution < 1.29 is 18.0 Å². The summed E-state index contributed by atoms with van der Waals surface area (Å²) >= 11 is 0. The van der Waals surface area contributed by atoms with Crippen LogP contribution in [0.5, 0.6) is 0 Å². The minimum absolute atomic E-state index is 0. The molecule has 0 radical (unpaired) electrons. The Morgan fingerprint density at radius 3 is 2.42 bits per heavy atom. The topological polar surface area (TPSA) is 58.4 Å². The van der Waals surface area contributed by atoms with Crippen LogP contribution in [0.1, 0.15) is 25.8 Å². The molecule has 1 aliphatic heterocycles. The van der Waals surface area contributed by atoms with Crippen LogP contribution in [0.4, 0.5) is 18.9 Å². The summed E-state index contributed by atoms with van der Waals surface area (Å²) in [4.78, 5) is 14.3. The summed E-state index contributed by atoms with van der Waals surface area (Å²) in [7, 11) is 0. The van der Waals surface area contributed by atoms with Gasteiger partial charge in [-0.25, -0.2) is 0 Å². The first-order valence-corrected chi connectivity index (χ1v) is 7.57. The first-order chi connectivity index (χ1) is 10.6. The number of amides is 1. The number of alkyl halides is 3. The standard InChI is InChI=1S/C16H22F3N3O.ClH/c1-11(22-8-7-15(2,9-20)10-22)14(23)21-13-5-3-12(4-6-13)16(17,18)19;/h3-6,11H,7-10,20H2,1-2H3,(H,21,23);1H. The van der Waals surface area contributed by atoms with E-state index in [0.717, 1.165) is 31.6 Å². The molecule has 1 amide bonds. The molecule has 136 valence electrons. The highest BCUT2D eigenvalue weighted by atomic mass is 35.5.